The second kappa shape index (κ2) is 9.06. The molecule has 0 saturated carbocycles. The summed E-state index contributed by atoms with van der Waals surface area (Å²) < 4.78 is 10.9. The van der Waals surface area contributed by atoms with E-state index in [0.29, 0.717) is 37.7 Å². The van der Waals surface area contributed by atoms with Gasteiger partial charge in [0.1, 0.15) is 11.2 Å². The molecule has 1 aliphatic heterocycles. The topological polar surface area (TPSA) is 72.0 Å². The van der Waals surface area contributed by atoms with E-state index in [2.05, 4.69) is 4.98 Å². The van der Waals surface area contributed by atoms with Crippen LogP contribution in [0.2, 0.25) is 0 Å². The predicted octanol–water partition coefficient (Wildman–Crippen LogP) is 3.20. The van der Waals surface area contributed by atoms with Crippen LogP contribution in [0.5, 0.6) is 5.88 Å². The molecule has 0 bridgehead atoms. The van der Waals surface area contributed by atoms with Crippen LogP contribution in [0.3, 0.4) is 0 Å². The number of hydrogen-bond acceptors (Lipinski definition) is 5. The van der Waals surface area contributed by atoms with Crippen LogP contribution in [0.25, 0.3) is 0 Å². The number of aromatic nitrogens is 1. The van der Waals surface area contributed by atoms with Crippen LogP contribution in [-0.4, -0.2) is 65.7 Å². The van der Waals surface area contributed by atoms with Gasteiger partial charge in [-0.2, -0.15) is 0 Å². The molecule has 1 fully saturated rings. The summed E-state index contributed by atoms with van der Waals surface area (Å²) in [4.78, 5) is 32.7. The summed E-state index contributed by atoms with van der Waals surface area (Å²) in [5.74, 6) is 0.515. The van der Waals surface area contributed by atoms with Crippen molar-refractivity contribution in [1.82, 2.24) is 14.8 Å². The fourth-order valence-corrected chi connectivity index (χ4v) is 3.18. The van der Waals surface area contributed by atoms with Crippen molar-refractivity contribution in [1.29, 1.82) is 0 Å². The van der Waals surface area contributed by atoms with Gasteiger partial charge in [0.05, 0.1) is 6.61 Å². The second-order valence-corrected chi connectivity index (χ2v) is 7.91. The highest BCUT2D eigenvalue weighted by atomic mass is 16.6. The maximum absolute atomic E-state index is 12.9. The highest BCUT2D eigenvalue weighted by molar-refractivity contribution is 5.96. The summed E-state index contributed by atoms with van der Waals surface area (Å²) in [5.41, 5.74) is -0.0314. The molecule has 0 radical (unpaired) electrons. The van der Waals surface area contributed by atoms with Crippen molar-refractivity contribution in [3.05, 3.63) is 23.9 Å². The van der Waals surface area contributed by atoms with Crippen molar-refractivity contribution >= 4 is 12.0 Å². The average molecular weight is 377 g/mol. The first kappa shape index (κ1) is 21.0. The molecule has 2 amide bonds. The number of hydrogen-bond donors (Lipinski definition) is 0. The SMILES string of the molecule is CCOc1ncccc1C(=O)N1CCC[C@@H](CN(C)C(=O)OC(C)(C)C)C1. The number of rotatable bonds is 5. The van der Waals surface area contributed by atoms with Crippen molar-refractivity contribution in [2.75, 3.05) is 33.3 Å². The molecule has 0 aliphatic carbocycles. The first-order valence-electron chi connectivity index (χ1n) is 9.52. The van der Waals surface area contributed by atoms with Crippen molar-refractivity contribution < 1.29 is 19.1 Å². The summed E-state index contributed by atoms with van der Waals surface area (Å²) in [6, 6.07) is 3.49. The molecule has 27 heavy (non-hydrogen) atoms. The van der Waals surface area contributed by atoms with E-state index in [0.717, 1.165) is 12.8 Å². The van der Waals surface area contributed by atoms with Crippen molar-refractivity contribution in [2.24, 2.45) is 5.92 Å². The molecular formula is C20H31N3O4. The van der Waals surface area contributed by atoms with E-state index in [1.54, 1.807) is 30.3 Å². The number of piperidine rings is 1. The van der Waals surface area contributed by atoms with Gasteiger partial charge in [-0.25, -0.2) is 9.78 Å². The maximum Gasteiger partial charge on any atom is 0.410 e. The van der Waals surface area contributed by atoms with Gasteiger partial charge in [0.15, 0.2) is 0 Å². The molecule has 2 rings (SSSR count). The smallest absolute Gasteiger partial charge is 0.410 e. The second-order valence-electron chi connectivity index (χ2n) is 7.91. The predicted molar refractivity (Wildman–Crippen MR) is 103 cm³/mol. The quantitative estimate of drug-likeness (QED) is 0.788. The van der Waals surface area contributed by atoms with Gasteiger partial charge in [-0.1, -0.05) is 0 Å². The van der Waals surface area contributed by atoms with Crippen molar-refractivity contribution in [2.45, 2.75) is 46.1 Å². The minimum Gasteiger partial charge on any atom is -0.477 e. The van der Waals surface area contributed by atoms with E-state index in [1.165, 1.54) is 0 Å². The lowest BCUT2D eigenvalue weighted by Crippen LogP contribution is -2.45. The molecule has 0 aromatic carbocycles. The summed E-state index contributed by atoms with van der Waals surface area (Å²) >= 11 is 0. The third-order valence-electron chi connectivity index (χ3n) is 4.33. The number of amides is 2. The van der Waals surface area contributed by atoms with E-state index in [-0.39, 0.29) is 17.9 Å². The first-order valence-corrected chi connectivity index (χ1v) is 9.52. The van der Waals surface area contributed by atoms with Crippen LogP contribution in [0.4, 0.5) is 4.79 Å². The number of nitrogens with zero attached hydrogens (tertiary/aromatic N) is 3. The molecule has 150 valence electrons. The third kappa shape index (κ3) is 6.12. The lowest BCUT2D eigenvalue weighted by Gasteiger charge is -2.35. The van der Waals surface area contributed by atoms with E-state index in [1.807, 2.05) is 32.6 Å². The molecule has 7 heteroatoms. The van der Waals surface area contributed by atoms with Gasteiger partial charge < -0.3 is 19.3 Å². The van der Waals surface area contributed by atoms with Gasteiger partial charge in [0.25, 0.3) is 5.91 Å². The van der Waals surface area contributed by atoms with Gasteiger partial charge in [0, 0.05) is 32.9 Å². The maximum atomic E-state index is 12.9. The Labute approximate surface area is 161 Å². The Kier molecular flexibility index (Phi) is 7.05. The summed E-state index contributed by atoms with van der Waals surface area (Å²) in [7, 11) is 1.74. The minimum atomic E-state index is -0.518. The van der Waals surface area contributed by atoms with Gasteiger partial charge in [-0.3, -0.25) is 4.79 Å². The fraction of sp³-hybridized carbons (Fsp3) is 0.650. The molecule has 2 heterocycles. The van der Waals surface area contributed by atoms with E-state index in [4.69, 9.17) is 9.47 Å². The van der Waals surface area contributed by atoms with Crippen LogP contribution in [-0.2, 0) is 4.74 Å². The van der Waals surface area contributed by atoms with Crippen LogP contribution in [0.1, 0.15) is 50.9 Å². The Balaban J connectivity index is 1.99. The number of carbonyl (C=O) groups is 2. The molecule has 1 aromatic rings. The van der Waals surface area contributed by atoms with E-state index in [9.17, 15) is 9.59 Å². The molecule has 0 N–H and O–H groups in total. The zero-order valence-electron chi connectivity index (χ0n) is 17.0. The van der Waals surface area contributed by atoms with Gasteiger partial charge in [0.2, 0.25) is 5.88 Å². The van der Waals surface area contributed by atoms with Crippen molar-refractivity contribution in [3.8, 4) is 5.88 Å². The highest BCUT2D eigenvalue weighted by Crippen LogP contribution is 2.23. The summed E-state index contributed by atoms with van der Waals surface area (Å²) in [5, 5.41) is 0. The van der Waals surface area contributed by atoms with Crippen molar-refractivity contribution in [3.63, 3.8) is 0 Å². The van der Waals surface area contributed by atoms with E-state index < -0.39 is 5.60 Å². The molecule has 1 aliphatic rings. The fourth-order valence-electron chi connectivity index (χ4n) is 3.18. The third-order valence-corrected chi connectivity index (χ3v) is 4.33. The molecule has 7 nitrogen and oxygen atoms in total. The number of likely N-dealkylation sites (tertiary alicyclic amines) is 1. The molecule has 0 unspecified atom stereocenters. The van der Waals surface area contributed by atoms with Crippen LogP contribution in [0.15, 0.2) is 18.3 Å². The molecule has 1 saturated heterocycles. The van der Waals surface area contributed by atoms with Crippen LogP contribution in [0, 0.1) is 5.92 Å². The Morgan fingerprint density at radius 3 is 2.78 bits per heavy atom. The lowest BCUT2D eigenvalue weighted by atomic mass is 9.97. The number of carbonyl (C=O) groups excluding carboxylic acids is 2. The minimum absolute atomic E-state index is 0.0730. The molecule has 0 spiro atoms. The zero-order valence-corrected chi connectivity index (χ0v) is 17.0. The van der Waals surface area contributed by atoms with Gasteiger partial charge >= 0.3 is 6.09 Å². The normalized spacial score (nSPS) is 17.4. The molecule has 1 aromatic heterocycles. The molecule has 1 atom stereocenters. The largest absolute Gasteiger partial charge is 0.477 e. The average Bonchev–Trinajstić information content (AvgIpc) is 2.60. The summed E-state index contributed by atoms with van der Waals surface area (Å²) in [6.07, 6.45) is 3.17. The van der Waals surface area contributed by atoms with E-state index >= 15 is 0 Å². The number of pyridine rings is 1. The monoisotopic (exact) mass is 377 g/mol. The first-order chi connectivity index (χ1) is 12.7. The lowest BCUT2D eigenvalue weighted by molar-refractivity contribution is 0.0244. The standard InChI is InChI=1S/C20H31N3O4/c1-6-26-17-16(10-7-11-21-17)18(24)23-12-8-9-15(14-23)13-22(5)19(25)27-20(2,3)4/h7,10-11,15H,6,8-9,12-14H2,1-5H3/t15-/m0/s1. The van der Waals surface area contributed by atoms with Gasteiger partial charge in [-0.15, -0.1) is 0 Å². The zero-order chi connectivity index (χ0) is 20.0. The van der Waals surface area contributed by atoms with Crippen LogP contribution >= 0.6 is 0 Å². The summed E-state index contributed by atoms with van der Waals surface area (Å²) in [6.45, 7) is 9.74. The molecular weight excluding hydrogens is 346 g/mol. The Bertz CT molecular complexity index is 657. The number of ether oxygens (including phenoxy) is 2. The van der Waals surface area contributed by atoms with Gasteiger partial charge in [-0.05, 0) is 58.6 Å². The highest BCUT2D eigenvalue weighted by Gasteiger charge is 2.29. The van der Waals surface area contributed by atoms with Crippen LogP contribution < -0.4 is 4.74 Å². The Hall–Kier alpha value is -2.31. The Morgan fingerprint density at radius 2 is 2.11 bits per heavy atom. The Morgan fingerprint density at radius 1 is 1.37 bits per heavy atom.